The van der Waals surface area contributed by atoms with E-state index in [2.05, 4.69) is 32.9 Å². The van der Waals surface area contributed by atoms with Crippen molar-refractivity contribution in [3.05, 3.63) is 66.1 Å². The molecule has 3 rings (SSSR count). The summed E-state index contributed by atoms with van der Waals surface area (Å²) in [5.74, 6) is 0. The molecule has 2 aliphatic carbocycles. The Morgan fingerprint density at radius 3 is 2.24 bits per heavy atom. The van der Waals surface area contributed by atoms with Crippen LogP contribution in [-0.2, 0) is 5.41 Å². The van der Waals surface area contributed by atoms with Crippen molar-refractivity contribution in [3.63, 3.8) is 0 Å². The number of allylic oxidation sites excluding steroid dienone is 2. The molecule has 1 fully saturated rings. The number of aliphatic hydroxyl groups excluding tert-OH is 3. The van der Waals surface area contributed by atoms with Crippen LogP contribution in [0.3, 0.4) is 0 Å². The topological polar surface area (TPSA) is 60.7 Å². The van der Waals surface area contributed by atoms with Crippen LogP contribution in [0.4, 0.5) is 0 Å². The van der Waals surface area contributed by atoms with Crippen LogP contribution in [0.1, 0.15) is 76.5 Å². The molecule has 3 heteroatoms. The summed E-state index contributed by atoms with van der Waals surface area (Å²) in [5.41, 5.74) is 0.890. The summed E-state index contributed by atoms with van der Waals surface area (Å²) in [6.45, 7) is 6.67. The summed E-state index contributed by atoms with van der Waals surface area (Å²) >= 11 is 0. The largest absolute Gasteiger partial charge is 0.396 e. The summed E-state index contributed by atoms with van der Waals surface area (Å²) < 4.78 is 0. The highest BCUT2D eigenvalue weighted by atomic mass is 16.3. The molecule has 0 spiro atoms. The van der Waals surface area contributed by atoms with Gasteiger partial charge in [-0.1, -0.05) is 82.2 Å². The van der Waals surface area contributed by atoms with Crippen LogP contribution in [-0.4, -0.2) is 28.0 Å². The lowest BCUT2D eigenvalue weighted by Crippen LogP contribution is -2.42. The average Bonchev–Trinajstić information content (AvgIpc) is 2.67. The molecule has 1 radical (unpaired) electrons. The van der Waals surface area contributed by atoms with Gasteiger partial charge in [-0.3, -0.25) is 0 Å². The second-order valence-corrected chi connectivity index (χ2v) is 10.2. The minimum Gasteiger partial charge on any atom is -0.396 e. The van der Waals surface area contributed by atoms with Crippen molar-refractivity contribution in [2.45, 2.75) is 76.9 Å². The van der Waals surface area contributed by atoms with E-state index in [0.717, 1.165) is 43.2 Å². The molecule has 3 N–H and O–H groups in total. The fourth-order valence-corrected chi connectivity index (χ4v) is 4.80. The molecule has 1 aromatic carbocycles. The Bertz CT molecular complexity index is 719. The Labute approximate surface area is 176 Å². The Hall–Kier alpha value is -1.42. The zero-order valence-electron chi connectivity index (χ0n) is 18.1. The maximum atomic E-state index is 11.4. The van der Waals surface area contributed by atoms with E-state index < -0.39 is 23.0 Å². The Morgan fingerprint density at radius 2 is 1.69 bits per heavy atom. The standard InChI is InChI=1S/C26H37O3/c1-24(2,3)14-9-13-22(28)26(17-7-4-8-18-26)21-12-6-5-11-20(21)23(29)25(19-27)15-10-16-25/h4-8,11-12,17-18,22-23,27-29H,9-10,13-16,19H2,1-3H3. The quantitative estimate of drug-likeness (QED) is 0.577. The Morgan fingerprint density at radius 1 is 1.03 bits per heavy atom. The average molecular weight is 398 g/mol. The first-order chi connectivity index (χ1) is 13.7. The van der Waals surface area contributed by atoms with E-state index in [1.54, 1.807) is 0 Å². The molecule has 3 nitrogen and oxygen atoms in total. The first-order valence-electron chi connectivity index (χ1n) is 11.0. The number of hydrogen-bond donors (Lipinski definition) is 3. The van der Waals surface area contributed by atoms with E-state index in [-0.39, 0.29) is 12.0 Å². The predicted molar refractivity (Wildman–Crippen MR) is 118 cm³/mol. The third-order valence-corrected chi connectivity index (χ3v) is 6.89. The fraction of sp³-hybridized carbons (Fsp3) is 0.577. The fourth-order valence-electron chi connectivity index (χ4n) is 4.80. The molecular formula is C26H37O3. The van der Waals surface area contributed by atoms with Crippen LogP contribution in [0.25, 0.3) is 0 Å². The number of aliphatic hydroxyl groups is 3. The second kappa shape index (κ2) is 8.75. The summed E-state index contributed by atoms with van der Waals surface area (Å²) in [5, 5.41) is 32.6. The van der Waals surface area contributed by atoms with Gasteiger partial charge in [-0.15, -0.1) is 0 Å². The third kappa shape index (κ3) is 4.52. The normalized spacial score (nSPS) is 22.1. The van der Waals surface area contributed by atoms with Gasteiger partial charge in [0.15, 0.2) is 0 Å². The third-order valence-electron chi connectivity index (χ3n) is 6.89. The molecule has 29 heavy (non-hydrogen) atoms. The van der Waals surface area contributed by atoms with Crippen molar-refractivity contribution in [3.8, 4) is 0 Å². The molecule has 0 bridgehead atoms. The highest BCUT2D eigenvalue weighted by Crippen LogP contribution is 2.52. The monoisotopic (exact) mass is 397 g/mol. The van der Waals surface area contributed by atoms with E-state index in [1.807, 2.05) is 42.8 Å². The number of hydrogen-bond acceptors (Lipinski definition) is 3. The first-order valence-corrected chi connectivity index (χ1v) is 11.0. The SMILES string of the molecule is CC(C)(C)CCCC(O)C1(c2ccccc2C(O)C2(CO)CCC2)C=C[CH]C=C1. The van der Waals surface area contributed by atoms with Gasteiger partial charge in [0, 0.05) is 11.8 Å². The van der Waals surface area contributed by atoms with Crippen LogP contribution < -0.4 is 0 Å². The van der Waals surface area contributed by atoms with Gasteiger partial charge in [-0.05, 0) is 42.2 Å². The van der Waals surface area contributed by atoms with Gasteiger partial charge >= 0.3 is 0 Å². The molecule has 0 heterocycles. The summed E-state index contributed by atoms with van der Waals surface area (Å²) in [6.07, 6.45) is 14.2. The van der Waals surface area contributed by atoms with Gasteiger partial charge in [0.2, 0.25) is 0 Å². The lowest BCUT2D eigenvalue weighted by Gasteiger charge is -2.46. The van der Waals surface area contributed by atoms with Gasteiger partial charge in [-0.2, -0.15) is 0 Å². The maximum Gasteiger partial charge on any atom is 0.0871 e. The van der Waals surface area contributed by atoms with E-state index in [1.165, 1.54) is 0 Å². The molecule has 0 amide bonds. The van der Waals surface area contributed by atoms with Crippen LogP contribution in [0.2, 0.25) is 0 Å². The van der Waals surface area contributed by atoms with E-state index >= 15 is 0 Å². The van der Waals surface area contributed by atoms with Crippen LogP contribution in [0.5, 0.6) is 0 Å². The van der Waals surface area contributed by atoms with Crippen molar-refractivity contribution >= 4 is 0 Å². The molecule has 1 aromatic rings. The Balaban J connectivity index is 1.95. The minimum atomic E-state index is -0.733. The summed E-state index contributed by atoms with van der Waals surface area (Å²) in [6, 6.07) is 7.89. The van der Waals surface area contributed by atoms with Crippen molar-refractivity contribution in [2.24, 2.45) is 10.8 Å². The van der Waals surface area contributed by atoms with Gasteiger partial charge in [0.25, 0.3) is 0 Å². The summed E-state index contributed by atoms with van der Waals surface area (Å²) in [7, 11) is 0. The van der Waals surface area contributed by atoms with Crippen LogP contribution in [0, 0.1) is 17.3 Å². The van der Waals surface area contributed by atoms with E-state index in [4.69, 9.17) is 0 Å². The highest BCUT2D eigenvalue weighted by Gasteiger charge is 2.46. The molecule has 2 atom stereocenters. The maximum absolute atomic E-state index is 11.4. The highest BCUT2D eigenvalue weighted by molar-refractivity contribution is 5.48. The van der Waals surface area contributed by atoms with Crippen LogP contribution in [0.15, 0.2) is 48.6 Å². The lowest BCUT2D eigenvalue weighted by molar-refractivity contribution is -0.0743. The van der Waals surface area contributed by atoms with E-state index in [9.17, 15) is 15.3 Å². The van der Waals surface area contributed by atoms with Crippen LogP contribution >= 0.6 is 0 Å². The summed E-state index contributed by atoms with van der Waals surface area (Å²) in [4.78, 5) is 0. The van der Waals surface area contributed by atoms with Crippen molar-refractivity contribution in [1.82, 2.24) is 0 Å². The van der Waals surface area contributed by atoms with Gasteiger partial charge in [0.1, 0.15) is 0 Å². The van der Waals surface area contributed by atoms with Gasteiger partial charge in [-0.25, -0.2) is 0 Å². The van der Waals surface area contributed by atoms with Gasteiger partial charge < -0.3 is 15.3 Å². The molecule has 0 aromatic heterocycles. The molecular weight excluding hydrogens is 360 g/mol. The van der Waals surface area contributed by atoms with Crippen molar-refractivity contribution < 1.29 is 15.3 Å². The predicted octanol–water partition coefficient (Wildman–Crippen LogP) is 5.03. The smallest absolute Gasteiger partial charge is 0.0871 e. The number of benzene rings is 1. The Kier molecular flexibility index (Phi) is 6.72. The van der Waals surface area contributed by atoms with Crippen molar-refractivity contribution in [2.75, 3.05) is 6.61 Å². The molecule has 2 unspecified atom stereocenters. The molecule has 1 saturated carbocycles. The minimum absolute atomic E-state index is 0.0108. The lowest BCUT2D eigenvalue weighted by atomic mass is 9.61. The zero-order chi connectivity index (χ0) is 21.1. The molecule has 0 aliphatic heterocycles. The van der Waals surface area contributed by atoms with Crippen molar-refractivity contribution in [1.29, 1.82) is 0 Å². The second-order valence-electron chi connectivity index (χ2n) is 10.2. The number of rotatable bonds is 8. The molecule has 0 saturated heterocycles. The first kappa shape index (κ1) is 22.3. The van der Waals surface area contributed by atoms with Gasteiger partial charge in [0.05, 0.1) is 24.2 Å². The zero-order valence-corrected chi connectivity index (χ0v) is 18.1. The molecule has 2 aliphatic rings. The molecule has 159 valence electrons. The van der Waals surface area contributed by atoms with E-state index in [0.29, 0.717) is 6.42 Å².